The third-order valence-electron chi connectivity index (χ3n) is 8.59. The number of fused-ring (bicyclic) bond motifs is 5. The minimum absolute atomic E-state index is 0.0389. The fraction of sp³-hybridized carbons (Fsp3) is 0.857. The monoisotopic (exact) mass is 332 g/mol. The van der Waals surface area contributed by atoms with E-state index in [4.69, 9.17) is 0 Å². The van der Waals surface area contributed by atoms with E-state index in [1.165, 1.54) is 0 Å². The smallest absolute Gasteiger partial charge is 0.133 e. The molecule has 24 heavy (non-hydrogen) atoms. The average Bonchev–Trinajstić information content (AvgIpc) is 2.87. The summed E-state index contributed by atoms with van der Waals surface area (Å²) in [6.45, 7) is 6.44. The number of aliphatic hydroxyl groups is 2. The zero-order valence-electron chi connectivity index (χ0n) is 15.3. The highest BCUT2D eigenvalue weighted by Gasteiger charge is 2.61. The molecule has 3 fully saturated rings. The molecule has 8 unspecified atom stereocenters. The first-order chi connectivity index (χ1) is 11.3. The van der Waals surface area contributed by atoms with E-state index < -0.39 is 6.10 Å². The maximum absolute atomic E-state index is 12.2. The molecule has 4 aliphatic carbocycles. The second-order valence-corrected chi connectivity index (χ2v) is 9.56. The largest absolute Gasteiger partial charge is 0.389 e. The first-order valence-corrected chi connectivity index (χ1v) is 9.86. The lowest BCUT2D eigenvalue weighted by atomic mass is 9.46. The molecule has 3 nitrogen and oxygen atoms in total. The number of hydrogen-bond acceptors (Lipinski definition) is 3. The summed E-state index contributed by atoms with van der Waals surface area (Å²) in [6.07, 6.45) is 8.26. The Hall–Kier alpha value is -0.670. The van der Waals surface area contributed by atoms with Crippen molar-refractivity contribution in [2.45, 2.75) is 77.9 Å². The number of carbonyl (C=O) groups excluding carboxylic acids is 1. The molecule has 3 heteroatoms. The van der Waals surface area contributed by atoms with Crippen LogP contribution in [0.3, 0.4) is 0 Å². The average molecular weight is 332 g/mol. The molecule has 0 aliphatic heterocycles. The summed E-state index contributed by atoms with van der Waals surface area (Å²) in [5, 5.41) is 20.9. The molecule has 0 amide bonds. The van der Waals surface area contributed by atoms with Crippen molar-refractivity contribution in [3.05, 3.63) is 11.6 Å². The van der Waals surface area contributed by atoms with Crippen molar-refractivity contribution in [2.24, 2.45) is 34.5 Å². The van der Waals surface area contributed by atoms with Gasteiger partial charge in [0.2, 0.25) is 0 Å². The highest BCUT2D eigenvalue weighted by molar-refractivity contribution is 5.79. The van der Waals surface area contributed by atoms with Crippen LogP contribution in [0.1, 0.15) is 65.7 Å². The molecule has 0 saturated heterocycles. The Morgan fingerprint density at radius 2 is 1.83 bits per heavy atom. The van der Waals surface area contributed by atoms with E-state index in [9.17, 15) is 15.0 Å². The van der Waals surface area contributed by atoms with Crippen molar-refractivity contribution in [3.63, 3.8) is 0 Å². The Bertz CT molecular complexity index is 582. The van der Waals surface area contributed by atoms with Crippen molar-refractivity contribution in [2.75, 3.05) is 0 Å². The number of carbonyl (C=O) groups is 1. The van der Waals surface area contributed by atoms with Gasteiger partial charge in [-0.05, 0) is 86.0 Å². The van der Waals surface area contributed by atoms with Crippen molar-refractivity contribution >= 4 is 5.78 Å². The van der Waals surface area contributed by atoms with Gasteiger partial charge in [0.15, 0.2) is 0 Å². The fourth-order valence-electron chi connectivity index (χ4n) is 7.42. The summed E-state index contributed by atoms with van der Waals surface area (Å²) in [4.78, 5) is 12.2. The molecule has 8 atom stereocenters. The highest BCUT2D eigenvalue weighted by Crippen LogP contribution is 2.66. The SMILES string of the molecule is CC(=O)C1CCC2C3CC(O)C4=CC(O)CCC4(C)C3CCC12C. The van der Waals surface area contributed by atoms with Gasteiger partial charge in [0, 0.05) is 5.92 Å². The van der Waals surface area contributed by atoms with Crippen LogP contribution in [0.15, 0.2) is 11.6 Å². The molecule has 2 N–H and O–H groups in total. The van der Waals surface area contributed by atoms with Crippen LogP contribution in [0.25, 0.3) is 0 Å². The van der Waals surface area contributed by atoms with Crippen LogP contribution in [0, 0.1) is 34.5 Å². The lowest BCUT2D eigenvalue weighted by molar-refractivity contribution is -0.129. The molecule has 0 aromatic heterocycles. The molecule has 134 valence electrons. The molecule has 4 aliphatic rings. The van der Waals surface area contributed by atoms with Crippen molar-refractivity contribution < 1.29 is 15.0 Å². The van der Waals surface area contributed by atoms with Crippen molar-refractivity contribution in [1.29, 1.82) is 0 Å². The zero-order chi connectivity index (χ0) is 17.3. The first-order valence-electron chi connectivity index (χ1n) is 9.86. The molecule has 0 radical (unpaired) electrons. The highest BCUT2D eigenvalue weighted by atomic mass is 16.3. The quantitative estimate of drug-likeness (QED) is 0.723. The number of ketones is 1. The molecule has 0 heterocycles. The Morgan fingerprint density at radius 3 is 2.54 bits per heavy atom. The van der Waals surface area contributed by atoms with E-state index in [2.05, 4.69) is 13.8 Å². The maximum Gasteiger partial charge on any atom is 0.133 e. The van der Waals surface area contributed by atoms with Crippen molar-refractivity contribution in [1.82, 2.24) is 0 Å². The van der Waals surface area contributed by atoms with Gasteiger partial charge in [-0.1, -0.05) is 19.9 Å². The van der Waals surface area contributed by atoms with Crippen LogP contribution in [0.2, 0.25) is 0 Å². The second-order valence-electron chi connectivity index (χ2n) is 9.56. The topological polar surface area (TPSA) is 57.5 Å². The lowest BCUT2D eigenvalue weighted by Crippen LogP contribution is -2.54. The summed E-state index contributed by atoms with van der Waals surface area (Å²) in [7, 11) is 0. The van der Waals surface area contributed by atoms with Crippen LogP contribution in [0.4, 0.5) is 0 Å². The van der Waals surface area contributed by atoms with Gasteiger partial charge < -0.3 is 10.2 Å². The number of Topliss-reactive ketones (excluding diaryl/α,β-unsaturated/α-hetero) is 1. The van der Waals surface area contributed by atoms with Crippen LogP contribution in [0.5, 0.6) is 0 Å². The molecule has 0 bridgehead atoms. The molecule has 0 aromatic rings. The lowest BCUT2D eigenvalue weighted by Gasteiger charge is -2.59. The molecule has 4 rings (SSSR count). The Balaban J connectivity index is 1.70. The van der Waals surface area contributed by atoms with Gasteiger partial charge in [-0.2, -0.15) is 0 Å². The number of rotatable bonds is 1. The number of aliphatic hydroxyl groups excluding tert-OH is 2. The minimum atomic E-state index is -0.412. The summed E-state index contributed by atoms with van der Waals surface area (Å²) >= 11 is 0. The maximum atomic E-state index is 12.2. The van der Waals surface area contributed by atoms with E-state index in [1.54, 1.807) is 6.92 Å². The minimum Gasteiger partial charge on any atom is -0.389 e. The van der Waals surface area contributed by atoms with E-state index in [0.29, 0.717) is 23.5 Å². The fourth-order valence-corrected chi connectivity index (χ4v) is 7.42. The Labute approximate surface area is 145 Å². The molecule has 0 spiro atoms. The van der Waals surface area contributed by atoms with Gasteiger partial charge >= 0.3 is 0 Å². The van der Waals surface area contributed by atoms with Gasteiger partial charge in [-0.15, -0.1) is 0 Å². The summed E-state index contributed by atoms with van der Waals surface area (Å²) in [5.41, 5.74) is 1.28. The van der Waals surface area contributed by atoms with E-state index in [1.807, 2.05) is 6.08 Å². The van der Waals surface area contributed by atoms with Gasteiger partial charge in [0.25, 0.3) is 0 Å². The second kappa shape index (κ2) is 5.41. The van der Waals surface area contributed by atoms with E-state index >= 15 is 0 Å². The van der Waals surface area contributed by atoms with Crippen LogP contribution >= 0.6 is 0 Å². The van der Waals surface area contributed by atoms with Crippen LogP contribution in [-0.4, -0.2) is 28.2 Å². The first kappa shape index (κ1) is 16.8. The zero-order valence-corrected chi connectivity index (χ0v) is 15.3. The predicted molar refractivity (Wildman–Crippen MR) is 93.3 cm³/mol. The van der Waals surface area contributed by atoms with Crippen LogP contribution < -0.4 is 0 Å². The van der Waals surface area contributed by atoms with E-state index in [0.717, 1.165) is 50.5 Å². The summed E-state index contributed by atoms with van der Waals surface area (Å²) in [5.74, 6) is 2.29. The predicted octanol–water partition coefficient (Wildman–Crippen LogP) is 3.49. The third-order valence-corrected chi connectivity index (χ3v) is 8.59. The van der Waals surface area contributed by atoms with E-state index in [-0.39, 0.29) is 22.9 Å². The molecular formula is C21H32O3. The van der Waals surface area contributed by atoms with Gasteiger partial charge in [0.05, 0.1) is 12.2 Å². The Morgan fingerprint density at radius 1 is 1.08 bits per heavy atom. The summed E-state index contributed by atoms with van der Waals surface area (Å²) in [6, 6.07) is 0. The van der Waals surface area contributed by atoms with Gasteiger partial charge in [0.1, 0.15) is 5.78 Å². The third kappa shape index (κ3) is 2.13. The summed E-state index contributed by atoms with van der Waals surface area (Å²) < 4.78 is 0. The van der Waals surface area contributed by atoms with Gasteiger partial charge in [-0.25, -0.2) is 0 Å². The molecule has 3 saturated carbocycles. The standard InChI is InChI=1S/C21H32O3/c1-12(22)15-4-5-16-14-11-19(24)18-10-13(23)6-8-21(18,3)17(14)7-9-20(15,16)2/h10,13-17,19,23-24H,4-9,11H2,1-3H3. The Kier molecular flexibility index (Phi) is 3.78. The molecular weight excluding hydrogens is 300 g/mol. The van der Waals surface area contributed by atoms with Crippen LogP contribution in [-0.2, 0) is 4.79 Å². The number of hydrogen-bond donors (Lipinski definition) is 2. The molecule has 0 aromatic carbocycles. The normalized spacial score (nSPS) is 53.6. The van der Waals surface area contributed by atoms with Crippen molar-refractivity contribution in [3.8, 4) is 0 Å². The van der Waals surface area contributed by atoms with Gasteiger partial charge in [-0.3, -0.25) is 4.79 Å².